The number of rotatable bonds is 17. The normalized spacial score (nSPS) is 11.6. The van der Waals surface area contributed by atoms with Crippen molar-refractivity contribution >= 4 is 17.9 Å². The quantitative estimate of drug-likeness (QED) is 0.0863. The Morgan fingerprint density at radius 3 is 1.88 bits per heavy atom. The maximum absolute atomic E-state index is 12.9. The molecule has 12 heteroatoms. The van der Waals surface area contributed by atoms with E-state index in [0.29, 0.717) is 19.6 Å². The van der Waals surface area contributed by atoms with Gasteiger partial charge in [0, 0.05) is 19.8 Å². The van der Waals surface area contributed by atoms with Crippen LogP contribution in [0.15, 0.2) is 48.5 Å². The summed E-state index contributed by atoms with van der Waals surface area (Å²) in [4.78, 5) is 35.0. The van der Waals surface area contributed by atoms with E-state index in [0.717, 1.165) is 31.2 Å². The van der Waals surface area contributed by atoms with E-state index in [-0.39, 0.29) is 42.0 Å². The first kappa shape index (κ1) is 33.5. The number of unbranched alkanes of at least 4 members (excludes halogenated alkanes) is 3. The van der Waals surface area contributed by atoms with E-state index in [2.05, 4.69) is 0 Å². The molecule has 0 saturated carbocycles. The van der Waals surface area contributed by atoms with Gasteiger partial charge in [0.25, 0.3) is 0 Å². The molecule has 0 unspecified atom stereocenters. The van der Waals surface area contributed by atoms with Crippen LogP contribution < -0.4 is 9.47 Å². The first-order chi connectivity index (χ1) is 19.4. The van der Waals surface area contributed by atoms with Crippen LogP contribution in [-0.4, -0.2) is 49.8 Å². The first-order valence-corrected chi connectivity index (χ1v) is 13.1. The van der Waals surface area contributed by atoms with Gasteiger partial charge in [0.05, 0.1) is 25.4 Å². The maximum Gasteiger partial charge on any atom is 0.453 e. The Hall–Kier alpha value is -3.70. The van der Waals surface area contributed by atoms with E-state index < -0.39 is 30.9 Å². The summed E-state index contributed by atoms with van der Waals surface area (Å²) in [6.45, 7) is 1.74. The van der Waals surface area contributed by atoms with Gasteiger partial charge in [-0.05, 0) is 80.5 Å². The van der Waals surface area contributed by atoms with Gasteiger partial charge in [0.2, 0.25) is 0 Å². The van der Waals surface area contributed by atoms with Crippen LogP contribution in [0.3, 0.4) is 0 Å². The van der Waals surface area contributed by atoms with E-state index in [4.69, 9.17) is 18.9 Å². The molecule has 0 aliphatic heterocycles. The lowest BCUT2D eigenvalue weighted by molar-refractivity contribution is -0.284. The van der Waals surface area contributed by atoms with Gasteiger partial charge in [-0.25, -0.2) is 4.79 Å². The second-order valence-electron chi connectivity index (χ2n) is 9.19. The third-order valence-electron chi connectivity index (χ3n) is 5.77. The smallest absolute Gasteiger partial charge is 0.453 e. The number of ether oxygens (including phenoxy) is 4. The molecular weight excluding hydrogens is 555 g/mol. The molecule has 2 rings (SSSR count). The highest BCUT2D eigenvalue weighted by Crippen LogP contribution is 2.38. The molecule has 0 spiro atoms. The maximum atomic E-state index is 12.9. The van der Waals surface area contributed by atoms with Crippen molar-refractivity contribution in [3.8, 4) is 11.5 Å². The van der Waals surface area contributed by atoms with Crippen LogP contribution in [0.1, 0.15) is 67.8 Å². The molecule has 226 valence electrons. The average molecular weight is 589 g/mol. The van der Waals surface area contributed by atoms with E-state index in [9.17, 15) is 36.3 Å². The number of alkyl halides is 5. The fraction of sp³-hybridized carbons (Fsp3) is 0.483. The minimum Gasteiger partial charge on any atom is -0.494 e. The van der Waals surface area contributed by atoms with Gasteiger partial charge in [-0.1, -0.05) is 12.1 Å². The summed E-state index contributed by atoms with van der Waals surface area (Å²) in [6, 6.07) is 12.1. The Labute approximate surface area is 234 Å². The minimum absolute atomic E-state index is 0.178. The molecule has 0 amide bonds. The van der Waals surface area contributed by atoms with Crippen molar-refractivity contribution in [1.29, 1.82) is 0 Å². The van der Waals surface area contributed by atoms with Crippen LogP contribution in [0.2, 0.25) is 0 Å². The number of halogens is 5. The van der Waals surface area contributed by atoms with Gasteiger partial charge in [-0.15, -0.1) is 0 Å². The van der Waals surface area contributed by atoms with Crippen LogP contribution in [0, 0.1) is 0 Å². The summed E-state index contributed by atoms with van der Waals surface area (Å²) >= 11 is 0. The zero-order valence-electron chi connectivity index (χ0n) is 22.6. The molecule has 0 heterocycles. The molecule has 7 nitrogen and oxygen atoms in total. The standard InChI is InChI=1S/C29H33F5O7/c1-21(35)38-18-4-2-3-5-19-40-26(36)16-9-22-7-12-25(13-8-22)41-27(37)23-10-14-24(15-11-23)39-20-6-17-28(30,31)29(32,33)34/h7-8,10-15H,2-6,9,16-20H2,1H3. The van der Waals surface area contributed by atoms with Crippen molar-refractivity contribution in [3.05, 3.63) is 59.7 Å². The Kier molecular flexibility index (Phi) is 13.5. The Balaban J connectivity index is 1.65. The van der Waals surface area contributed by atoms with Crippen molar-refractivity contribution in [1.82, 2.24) is 0 Å². The van der Waals surface area contributed by atoms with Crippen molar-refractivity contribution in [2.24, 2.45) is 0 Å². The second-order valence-corrected chi connectivity index (χ2v) is 9.19. The Morgan fingerprint density at radius 2 is 1.29 bits per heavy atom. The second kappa shape index (κ2) is 16.5. The van der Waals surface area contributed by atoms with Crippen molar-refractivity contribution in [2.45, 2.75) is 70.4 Å². The number of aryl methyl sites for hydroxylation is 1. The number of hydrogen-bond donors (Lipinski definition) is 0. The summed E-state index contributed by atoms with van der Waals surface area (Å²) in [5, 5.41) is 0. The number of benzene rings is 2. The lowest BCUT2D eigenvalue weighted by Crippen LogP contribution is -2.36. The summed E-state index contributed by atoms with van der Waals surface area (Å²) < 4.78 is 82.9. The van der Waals surface area contributed by atoms with Gasteiger partial charge in [0.15, 0.2) is 0 Å². The van der Waals surface area contributed by atoms with E-state index in [1.165, 1.54) is 31.2 Å². The van der Waals surface area contributed by atoms with E-state index >= 15 is 0 Å². The SMILES string of the molecule is CC(=O)OCCCCCCOC(=O)CCc1ccc(OC(=O)c2ccc(OCCCC(F)(F)C(F)(F)F)cc2)cc1. The molecule has 41 heavy (non-hydrogen) atoms. The van der Waals surface area contributed by atoms with Gasteiger partial charge in [0.1, 0.15) is 11.5 Å². The molecule has 2 aromatic rings. The number of esters is 3. The van der Waals surface area contributed by atoms with Crippen LogP contribution in [0.25, 0.3) is 0 Å². The van der Waals surface area contributed by atoms with E-state index in [1.807, 2.05) is 0 Å². The number of hydrogen-bond acceptors (Lipinski definition) is 7. The molecule has 0 aromatic heterocycles. The summed E-state index contributed by atoms with van der Waals surface area (Å²) in [5.74, 6) is -5.56. The monoisotopic (exact) mass is 588 g/mol. The minimum atomic E-state index is -5.60. The van der Waals surface area contributed by atoms with Gasteiger partial charge >= 0.3 is 30.0 Å². The molecule has 0 aliphatic rings. The lowest BCUT2D eigenvalue weighted by atomic mass is 10.1. The topological polar surface area (TPSA) is 88.1 Å². The molecule has 0 atom stereocenters. The molecule has 0 saturated heterocycles. The zero-order valence-corrected chi connectivity index (χ0v) is 22.6. The zero-order chi connectivity index (χ0) is 30.3. The molecule has 0 fully saturated rings. The van der Waals surface area contributed by atoms with Gasteiger partial charge in [-0.2, -0.15) is 22.0 Å². The van der Waals surface area contributed by atoms with Crippen molar-refractivity contribution in [2.75, 3.05) is 19.8 Å². The van der Waals surface area contributed by atoms with Crippen LogP contribution >= 0.6 is 0 Å². The molecule has 0 radical (unpaired) electrons. The highest BCUT2D eigenvalue weighted by Gasteiger charge is 2.56. The number of carbonyl (C=O) groups excluding carboxylic acids is 3. The molecular formula is C29H33F5O7. The highest BCUT2D eigenvalue weighted by molar-refractivity contribution is 5.91. The lowest BCUT2D eigenvalue weighted by Gasteiger charge is -2.19. The fourth-order valence-electron chi connectivity index (χ4n) is 3.48. The molecule has 2 aromatic carbocycles. The summed E-state index contributed by atoms with van der Waals surface area (Å²) in [6.07, 6.45) is -3.59. The van der Waals surface area contributed by atoms with Crippen LogP contribution in [0.4, 0.5) is 22.0 Å². The predicted octanol–water partition coefficient (Wildman–Crippen LogP) is 6.86. The predicted molar refractivity (Wildman–Crippen MR) is 138 cm³/mol. The van der Waals surface area contributed by atoms with Crippen molar-refractivity contribution in [3.63, 3.8) is 0 Å². The van der Waals surface area contributed by atoms with E-state index in [1.54, 1.807) is 24.3 Å². The highest BCUT2D eigenvalue weighted by atomic mass is 19.4. The first-order valence-electron chi connectivity index (χ1n) is 13.1. The Bertz CT molecular complexity index is 1100. The molecule has 0 bridgehead atoms. The third kappa shape index (κ3) is 13.0. The largest absolute Gasteiger partial charge is 0.494 e. The number of carbonyl (C=O) groups is 3. The Morgan fingerprint density at radius 1 is 0.707 bits per heavy atom. The summed E-state index contributed by atoms with van der Waals surface area (Å²) in [5.41, 5.74) is 1.03. The van der Waals surface area contributed by atoms with Crippen molar-refractivity contribution < 1.29 is 55.3 Å². The average Bonchev–Trinajstić information content (AvgIpc) is 2.91. The third-order valence-corrected chi connectivity index (χ3v) is 5.77. The fourth-order valence-corrected chi connectivity index (χ4v) is 3.48. The van der Waals surface area contributed by atoms with Crippen LogP contribution in [0.5, 0.6) is 11.5 Å². The van der Waals surface area contributed by atoms with Gasteiger partial charge in [-0.3, -0.25) is 9.59 Å². The van der Waals surface area contributed by atoms with Crippen LogP contribution in [-0.2, 0) is 25.5 Å². The van der Waals surface area contributed by atoms with Gasteiger partial charge < -0.3 is 18.9 Å². The molecule has 0 aliphatic carbocycles. The summed E-state index contributed by atoms with van der Waals surface area (Å²) in [7, 11) is 0. The molecule has 0 N–H and O–H groups in total.